The van der Waals surface area contributed by atoms with Gasteiger partial charge < -0.3 is 14.6 Å². The van der Waals surface area contributed by atoms with E-state index in [0.29, 0.717) is 16.7 Å². The zero-order chi connectivity index (χ0) is 34.8. The summed E-state index contributed by atoms with van der Waals surface area (Å²) >= 11 is 0. The van der Waals surface area contributed by atoms with Crippen LogP contribution >= 0.6 is 0 Å². The molecule has 0 aliphatic carbocycles. The lowest BCUT2D eigenvalue weighted by Crippen LogP contribution is -2.51. The molecule has 5 rings (SSSR count). The van der Waals surface area contributed by atoms with Crippen molar-refractivity contribution in [3.8, 4) is 0 Å². The van der Waals surface area contributed by atoms with Crippen LogP contribution in [0.1, 0.15) is 66.8 Å². The third kappa shape index (κ3) is 9.07. The van der Waals surface area contributed by atoms with Crippen molar-refractivity contribution >= 4 is 17.9 Å². The number of carboxylic acid groups (broad SMARTS) is 1. The van der Waals surface area contributed by atoms with Crippen LogP contribution in [0, 0.1) is 0 Å². The molecule has 0 amide bonds. The molecule has 0 aliphatic heterocycles. The Labute approximate surface area is 286 Å². The van der Waals surface area contributed by atoms with Gasteiger partial charge >= 0.3 is 17.9 Å². The Morgan fingerprint density at radius 2 is 0.918 bits per heavy atom. The predicted octanol–water partition coefficient (Wildman–Crippen LogP) is 7.88. The van der Waals surface area contributed by atoms with Crippen molar-refractivity contribution in [2.45, 2.75) is 50.7 Å². The largest absolute Gasteiger partial charge is 0.480 e. The van der Waals surface area contributed by atoms with Gasteiger partial charge in [-0.15, -0.1) is 0 Å². The first-order valence-corrected chi connectivity index (χ1v) is 16.0. The van der Waals surface area contributed by atoms with Gasteiger partial charge in [0.05, 0.1) is 6.04 Å². The van der Waals surface area contributed by atoms with Crippen LogP contribution in [0.3, 0.4) is 0 Å². The summed E-state index contributed by atoms with van der Waals surface area (Å²) < 4.78 is 11.9. The molecule has 250 valence electrons. The zero-order valence-corrected chi connectivity index (χ0v) is 27.6. The smallest absolute Gasteiger partial charge is 0.343 e. The van der Waals surface area contributed by atoms with Crippen LogP contribution in [0.5, 0.6) is 0 Å². The van der Waals surface area contributed by atoms with Gasteiger partial charge in [0.2, 0.25) is 12.1 Å². The molecule has 0 saturated carbocycles. The fourth-order valence-corrected chi connectivity index (χ4v) is 5.45. The van der Waals surface area contributed by atoms with Gasteiger partial charge in [0.1, 0.15) is 5.60 Å². The van der Waals surface area contributed by atoms with Crippen LogP contribution in [-0.4, -0.2) is 39.7 Å². The Bertz CT molecular complexity index is 1720. The van der Waals surface area contributed by atoms with E-state index >= 15 is 0 Å². The van der Waals surface area contributed by atoms with Gasteiger partial charge in [-0.2, -0.15) is 5.06 Å². The topological polar surface area (TPSA) is 102 Å². The number of carbonyl (C=O) groups excluding carboxylic acids is 2. The second kappa shape index (κ2) is 16.0. The van der Waals surface area contributed by atoms with Crippen molar-refractivity contribution in [1.29, 1.82) is 0 Å². The maximum absolute atomic E-state index is 14.5. The molecule has 0 saturated heterocycles. The highest BCUT2D eigenvalue weighted by Gasteiger charge is 2.45. The van der Waals surface area contributed by atoms with Crippen LogP contribution in [-0.2, 0) is 28.7 Å². The average Bonchev–Trinajstić information content (AvgIpc) is 3.10. The van der Waals surface area contributed by atoms with E-state index in [1.54, 1.807) is 99.6 Å². The van der Waals surface area contributed by atoms with Gasteiger partial charge in [0.15, 0.2) is 6.10 Å². The summed E-state index contributed by atoms with van der Waals surface area (Å²) in [4.78, 5) is 48.0. The third-order valence-electron chi connectivity index (χ3n) is 7.59. The number of benzene rings is 5. The highest BCUT2D eigenvalue weighted by molar-refractivity contribution is 5.98. The Hall–Kier alpha value is -5.57. The molecule has 0 fully saturated rings. The number of nitrogens with zero attached hydrogens (tertiary/aromatic N) is 1. The zero-order valence-electron chi connectivity index (χ0n) is 27.6. The van der Waals surface area contributed by atoms with Crippen molar-refractivity contribution in [2.24, 2.45) is 0 Å². The number of carbonyl (C=O) groups is 3. The SMILES string of the molecule is CC(C)(C)OC(=O)C(C(=O)O)N(OC(C(=O)OC(c1ccccc1)c1ccccc1)c1ccccc1)C(c1ccccc1)c1ccccc1. The van der Waals surface area contributed by atoms with Crippen LogP contribution in [0.15, 0.2) is 152 Å². The van der Waals surface area contributed by atoms with Gasteiger partial charge in [0, 0.05) is 0 Å². The number of esters is 2. The Morgan fingerprint density at radius 3 is 1.29 bits per heavy atom. The van der Waals surface area contributed by atoms with Crippen LogP contribution < -0.4 is 0 Å². The average molecular weight is 658 g/mol. The van der Waals surface area contributed by atoms with E-state index in [1.807, 2.05) is 72.8 Å². The van der Waals surface area contributed by atoms with E-state index < -0.39 is 47.8 Å². The summed E-state index contributed by atoms with van der Waals surface area (Å²) in [7, 11) is 0. The van der Waals surface area contributed by atoms with Gasteiger partial charge in [-0.3, -0.25) is 4.84 Å². The maximum atomic E-state index is 14.5. The second-order valence-corrected chi connectivity index (χ2v) is 12.4. The van der Waals surface area contributed by atoms with E-state index in [-0.39, 0.29) is 0 Å². The Morgan fingerprint density at radius 1 is 0.551 bits per heavy atom. The van der Waals surface area contributed by atoms with E-state index in [2.05, 4.69) is 0 Å². The maximum Gasteiger partial charge on any atom is 0.343 e. The summed E-state index contributed by atoms with van der Waals surface area (Å²) in [6.07, 6.45) is -2.30. The highest BCUT2D eigenvalue weighted by atomic mass is 16.7. The van der Waals surface area contributed by atoms with E-state index in [4.69, 9.17) is 14.3 Å². The number of aliphatic carboxylic acids is 1. The number of hydrogen-bond acceptors (Lipinski definition) is 7. The molecule has 2 unspecified atom stereocenters. The molecule has 0 aromatic heterocycles. The van der Waals surface area contributed by atoms with Crippen LogP contribution in [0.25, 0.3) is 0 Å². The first-order valence-electron chi connectivity index (χ1n) is 16.0. The van der Waals surface area contributed by atoms with Crippen LogP contribution in [0.2, 0.25) is 0 Å². The summed E-state index contributed by atoms with van der Waals surface area (Å²) in [5.41, 5.74) is 2.08. The Kier molecular flexibility index (Phi) is 11.4. The molecule has 0 aliphatic rings. The lowest BCUT2D eigenvalue weighted by Gasteiger charge is -2.37. The summed E-state index contributed by atoms with van der Waals surface area (Å²) in [5, 5.41) is 11.7. The molecule has 2 atom stereocenters. The number of hydroxylamine groups is 2. The first-order chi connectivity index (χ1) is 23.6. The minimum absolute atomic E-state index is 0.394. The summed E-state index contributed by atoms with van der Waals surface area (Å²) in [6.45, 7) is 4.95. The first kappa shape index (κ1) is 34.8. The molecule has 8 nitrogen and oxygen atoms in total. The van der Waals surface area contributed by atoms with Gasteiger partial charge in [-0.1, -0.05) is 152 Å². The highest BCUT2D eigenvalue weighted by Crippen LogP contribution is 2.36. The minimum atomic E-state index is -1.98. The normalized spacial score (nSPS) is 12.8. The van der Waals surface area contributed by atoms with Crippen LogP contribution in [0.4, 0.5) is 0 Å². The van der Waals surface area contributed by atoms with E-state index in [1.165, 1.54) is 0 Å². The monoisotopic (exact) mass is 657 g/mol. The molecule has 0 spiro atoms. The van der Waals surface area contributed by atoms with E-state index in [9.17, 15) is 19.5 Å². The van der Waals surface area contributed by atoms with Gasteiger partial charge in [-0.05, 0) is 48.6 Å². The molecule has 0 heterocycles. The van der Waals surface area contributed by atoms with Crippen molar-refractivity contribution in [2.75, 3.05) is 0 Å². The molecule has 1 N–H and O–H groups in total. The standard InChI is InChI=1S/C41H39NO7/c1-41(2,3)48-39(45)35(38(43)44)42(34(29-19-9-4-10-20-29)30-21-11-5-12-22-30)49-37(33-27-17-8-18-28-33)40(46)47-36(31-23-13-6-14-24-31)32-25-15-7-16-26-32/h4-28,34-37H,1-3H3,(H,43,44). The lowest BCUT2D eigenvalue weighted by molar-refractivity contribution is -0.253. The molecule has 5 aromatic rings. The Balaban J connectivity index is 1.66. The summed E-state index contributed by atoms with van der Waals surface area (Å²) in [6, 6.07) is 42.4. The number of hydrogen-bond donors (Lipinski definition) is 1. The third-order valence-corrected chi connectivity index (χ3v) is 7.59. The van der Waals surface area contributed by atoms with E-state index in [0.717, 1.165) is 16.2 Å². The quantitative estimate of drug-likeness (QED) is 0.0775. The number of carboxylic acids is 1. The van der Waals surface area contributed by atoms with Crippen molar-refractivity contribution in [3.05, 3.63) is 179 Å². The predicted molar refractivity (Wildman–Crippen MR) is 185 cm³/mol. The molecular weight excluding hydrogens is 618 g/mol. The molecule has 5 aromatic carbocycles. The molecular formula is C41H39NO7. The van der Waals surface area contributed by atoms with Gasteiger partial charge in [-0.25, -0.2) is 14.4 Å². The number of rotatable bonds is 13. The van der Waals surface area contributed by atoms with Gasteiger partial charge in [0.25, 0.3) is 0 Å². The summed E-state index contributed by atoms with van der Waals surface area (Å²) in [5.74, 6) is -3.36. The molecule has 0 bridgehead atoms. The van der Waals surface area contributed by atoms with Crippen molar-refractivity contribution in [3.63, 3.8) is 0 Å². The van der Waals surface area contributed by atoms with Crippen molar-refractivity contribution in [1.82, 2.24) is 5.06 Å². The molecule has 8 heteroatoms. The number of ether oxygens (including phenoxy) is 2. The lowest BCUT2D eigenvalue weighted by atomic mass is 9.97. The molecule has 0 radical (unpaired) electrons. The van der Waals surface area contributed by atoms with Crippen molar-refractivity contribution < 1.29 is 33.8 Å². The fraction of sp³-hybridized carbons (Fsp3) is 0.195. The minimum Gasteiger partial charge on any atom is -0.480 e. The second-order valence-electron chi connectivity index (χ2n) is 12.4. The fourth-order valence-electron chi connectivity index (χ4n) is 5.45. The molecule has 49 heavy (non-hydrogen) atoms.